The minimum Gasteiger partial charge on any atom is -0.495 e. The van der Waals surface area contributed by atoms with Crippen molar-refractivity contribution in [1.29, 1.82) is 0 Å². The molecule has 0 radical (unpaired) electrons. The molecule has 16 heavy (non-hydrogen) atoms. The SMILES string of the molecule is COc1cc(-c2cn[nH]c(=O)c2)ccc1Cl. The molecular formula is C11H9ClN2O2. The van der Waals surface area contributed by atoms with Crippen molar-refractivity contribution in [1.82, 2.24) is 10.2 Å². The number of rotatable bonds is 2. The van der Waals surface area contributed by atoms with E-state index >= 15 is 0 Å². The maximum Gasteiger partial charge on any atom is 0.264 e. The van der Waals surface area contributed by atoms with Crippen LogP contribution in [0.5, 0.6) is 5.75 Å². The molecule has 1 aromatic heterocycles. The van der Waals surface area contributed by atoms with Crippen LogP contribution in [0.2, 0.25) is 5.02 Å². The number of hydrogen-bond donors (Lipinski definition) is 1. The van der Waals surface area contributed by atoms with Gasteiger partial charge in [0.2, 0.25) is 0 Å². The van der Waals surface area contributed by atoms with Crippen molar-refractivity contribution in [2.24, 2.45) is 0 Å². The molecule has 0 amide bonds. The van der Waals surface area contributed by atoms with E-state index in [2.05, 4.69) is 10.2 Å². The molecule has 0 saturated carbocycles. The standard InChI is InChI=1S/C11H9ClN2O2/c1-16-10-4-7(2-3-9(10)12)8-5-11(15)14-13-6-8/h2-6H,1H3,(H,14,15). The second-order valence-corrected chi connectivity index (χ2v) is 3.59. The fraction of sp³-hybridized carbons (Fsp3) is 0.0909. The summed E-state index contributed by atoms with van der Waals surface area (Å²) in [6.07, 6.45) is 1.57. The Kier molecular flexibility index (Phi) is 2.92. The number of ether oxygens (including phenoxy) is 1. The largest absolute Gasteiger partial charge is 0.495 e. The van der Waals surface area contributed by atoms with Crippen molar-refractivity contribution in [2.45, 2.75) is 0 Å². The van der Waals surface area contributed by atoms with Gasteiger partial charge in [-0.05, 0) is 17.7 Å². The molecule has 0 saturated heterocycles. The molecule has 0 aliphatic heterocycles. The van der Waals surface area contributed by atoms with Crippen LogP contribution in [0.3, 0.4) is 0 Å². The topological polar surface area (TPSA) is 55.0 Å². The van der Waals surface area contributed by atoms with E-state index in [-0.39, 0.29) is 5.56 Å². The molecule has 1 heterocycles. The van der Waals surface area contributed by atoms with Crippen LogP contribution >= 0.6 is 11.6 Å². The molecule has 0 aliphatic rings. The Hall–Kier alpha value is -1.81. The van der Waals surface area contributed by atoms with Crippen molar-refractivity contribution in [3.05, 3.63) is 45.8 Å². The van der Waals surface area contributed by atoms with Gasteiger partial charge in [-0.2, -0.15) is 5.10 Å². The van der Waals surface area contributed by atoms with Gasteiger partial charge in [-0.15, -0.1) is 0 Å². The van der Waals surface area contributed by atoms with E-state index in [1.807, 2.05) is 0 Å². The minimum absolute atomic E-state index is 0.244. The number of benzene rings is 1. The summed E-state index contributed by atoms with van der Waals surface area (Å²) < 4.78 is 5.10. The van der Waals surface area contributed by atoms with Crippen LogP contribution < -0.4 is 10.3 Å². The number of halogens is 1. The number of aromatic amines is 1. The van der Waals surface area contributed by atoms with Crippen molar-refractivity contribution >= 4 is 11.6 Å². The summed E-state index contributed by atoms with van der Waals surface area (Å²) in [6.45, 7) is 0. The summed E-state index contributed by atoms with van der Waals surface area (Å²) in [5.74, 6) is 0.569. The summed E-state index contributed by atoms with van der Waals surface area (Å²) in [6, 6.07) is 6.76. The van der Waals surface area contributed by atoms with Gasteiger partial charge < -0.3 is 4.74 Å². The highest BCUT2D eigenvalue weighted by Gasteiger charge is 2.04. The van der Waals surface area contributed by atoms with E-state index < -0.39 is 0 Å². The molecule has 82 valence electrons. The van der Waals surface area contributed by atoms with E-state index in [9.17, 15) is 4.79 Å². The van der Waals surface area contributed by atoms with E-state index in [0.717, 1.165) is 11.1 Å². The normalized spacial score (nSPS) is 10.1. The lowest BCUT2D eigenvalue weighted by molar-refractivity contribution is 0.415. The fourth-order valence-electron chi connectivity index (χ4n) is 1.37. The van der Waals surface area contributed by atoms with Gasteiger partial charge in [-0.1, -0.05) is 17.7 Å². The Bertz CT molecular complexity index is 566. The first-order valence-electron chi connectivity index (χ1n) is 4.59. The molecule has 0 atom stereocenters. The number of aromatic nitrogens is 2. The van der Waals surface area contributed by atoms with E-state index in [4.69, 9.17) is 16.3 Å². The van der Waals surface area contributed by atoms with E-state index in [0.29, 0.717) is 10.8 Å². The lowest BCUT2D eigenvalue weighted by Gasteiger charge is -2.05. The van der Waals surface area contributed by atoms with Crippen LogP contribution in [0.4, 0.5) is 0 Å². The molecule has 0 bridgehead atoms. The molecule has 0 spiro atoms. The zero-order chi connectivity index (χ0) is 11.5. The molecule has 4 nitrogen and oxygen atoms in total. The molecule has 1 aromatic carbocycles. The van der Waals surface area contributed by atoms with Crippen molar-refractivity contribution < 1.29 is 4.74 Å². The van der Waals surface area contributed by atoms with Crippen LogP contribution in [-0.4, -0.2) is 17.3 Å². The summed E-state index contributed by atoms with van der Waals surface area (Å²) in [5.41, 5.74) is 1.31. The summed E-state index contributed by atoms with van der Waals surface area (Å²) >= 11 is 5.91. The van der Waals surface area contributed by atoms with E-state index in [1.165, 1.54) is 6.07 Å². The molecule has 0 unspecified atom stereocenters. The number of H-pyrrole nitrogens is 1. The van der Waals surface area contributed by atoms with Crippen molar-refractivity contribution in [2.75, 3.05) is 7.11 Å². The van der Waals surface area contributed by atoms with Gasteiger partial charge in [0.15, 0.2) is 0 Å². The average Bonchev–Trinajstić information content (AvgIpc) is 2.29. The second-order valence-electron chi connectivity index (χ2n) is 3.18. The Morgan fingerprint density at radius 2 is 2.12 bits per heavy atom. The lowest BCUT2D eigenvalue weighted by atomic mass is 10.1. The van der Waals surface area contributed by atoms with Crippen molar-refractivity contribution in [3.63, 3.8) is 0 Å². The molecule has 0 fully saturated rings. The van der Waals surface area contributed by atoms with Crippen LogP contribution in [0.15, 0.2) is 35.3 Å². The maximum atomic E-state index is 11.1. The summed E-state index contributed by atoms with van der Waals surface area (Å²) in [5, 5.41) is 6.58. The fourth-order valence-corrected chi connectivity index (χ4v) is 1.57. The monoisotopic (exact) mass is 236 g/mol. The highest BCUT2D eigenvalue weighted by molar-refractivity contribution is 6.32. The third-order valence-electron chi connectivity index (χ3n) is 2.15. The molecule has 2 rings (SSSR count). The van der Waals surface area contributed by atoms with Gasteiger partial charge in [0, 0.05) is 11.6 Å². The number of methoxy groups -OCH3 is 1. The predicted molar refractivity (Wildman–Crippen MR) is 61.9 cm³/mol. The molecule has 5 heteroatoms. The number of nitrogens with zero attached hydrogens (tertiary/aromatic N) is 1. The summed E-state index contributed by atoms with van der Waals surface area (Å²) in [4.78, 5) is 11.1. The highest BCUT2D eigenvalue weighted by Crippen LogP contribution is 2.29. The first kappa shape index (κ1) is 10.7. The number of hydrogen-bond acceptors (Lipinski definition) is 3. The first-order chi connectivity index (χ1) is 7.70. The van der Waals surface area contributed by atoms with Gasteiger partial charge in [-0.25, -0.2) is 5.10 Å². The Labute approximate surface area is 96.8 Å². The Morgan fingerprint density at radius 1 is 1.31 bits per heavy atom. The lowest BCUT2D eigenvalue weighted by Crippen LogP contribution is -2.05. The van der Waals surface area contributed by atoms with Gasteiger partial charge in [0.25, 0.3) is 5.56 Å². The Balaban J connectivity index is 2.52. The first-order valence-corrected chi connectivity index (χ1v) is 4.97. The third kappa shape index (κ3) is 2.06. The minimum atomic E-state index is -0.244. The quantitative estimate of drug-likeness (QED) is 0.869. The van der Waals surface area contributed by atoms with Crippen LogP contribution in [-0.2, 0) is 0 Å². The predicted octanol–water partition coefficient (Wildman–Crippen LogP) is 2.10. The smallest absolute Gasteiger partial charge is 0.264 e. The highest BCUT2D eigenvalue weighted by atomic mass is 35.5. The van der Waals surface area contributed by atoms with Crippen LogP contribution in [0, 0.1) is 0 Å². The zero-order valence-electron chi connectivity index (χ0n) is 8.53. The third-order valence-corrected chi connectivity index (χ3v) is 2.46. The molecular weight excluding hydrogens is 228 g/mol. The van der Waals surface area contributed by atoms with Crippen LogP contribution in [0.1, 0.15) is 0 Å². The maximum absolute atomic E-state index is 11.1. The average molecular weight is 237 g/mol. The number of nitrogens with one attached hydrogen (secondary N) is 1. The van der Waals surface area contributed by atoms with Gasteiger partial charge in [-0.3, -0.25) is 4.79 Å². The van der Waals surface area contributed by atoms with Gasteiger partial charge >= 0.3 is 0 Å². The molecule has 2 aromatic rings. The van der Waals surface area contributed by atoms with Gasteiger partial charge in [0.05, 0.1) is 18.3 Å². The van der Waals surface area contributed by atoms with Crippen molar-refractivity contribution in [3.8, 4) is 16.9 Å². The van der Waals surface area contributed by atoms with Crippen LogP contribution in [0.25, 0.3) is 11.1 Å². The zero-order valence-corrected chi connectivity index (χ0v) is 9.28. The molecule has 0 aliphatic carbocycles. The second kappa shape index (κ2) is 4.37. The Morgan fingerprint density at radius 3 is 2.81 bits per heavy atom. The van der Waals surface area contributed by atoms with E-state index in [1.54, 1.807) is 31.5 Å². The van der Waals surface area contributed by atoms with Gasteiger partial charge in [0.1, 0.15) is 5.75 Å². The molecule has 1 N–H and O–H groups in total. The summed E-state index contributed by atoms with van der Waals surface area (Å²) in [7, 11) is 1.54.